The monoisotopic (exact) mass is 437 g/mol. The van der Waals surface area contributed by atoms with Gasteiger partial charge in [0.05, 0.1) is 12.1 Å². The number of para-hydroxylation sites is 2. The van der Waals surface area contributed by atoms with E-state index in [9.17, 15) is 0 Å². The lowest BCUT2D eigenvalue weighted by Crippen LogP contribution is -2.06. The van der Waals surface area contributed by atoms with Crippen LogP contribution < -0.4 is 9.47 Å². The summed E-state index contributed by atoms with van der Waals surface area (Å²) in [5.41, 5.74) is 2.16. The molecule has 30 heavy (non-hydrogen) atoms. The van der Waals surface area contributed by atoms with Crippen molar-refractivity contribution < 1.29 is 9.47 Å². The lowest BCUT2D eigenvalue weighted by molar-refractivity contribution is 0.293. The third kappa shape index (κ3) is 4.78. The molecule has 0 aliphatic carbocycles. The zero-order valence-corrected chi connectivity index (χ0v) is 17.9. The Balaban J connectivity index is 1.56. The van der Waals surface area contributed by atoms with Crippen LogP contribution in [0.1, 0.15) is 11.4 Å². The van der Waals surface area contributed by atoms with E-state index in [-0.39, 0.29) is 6.61 Å². The highest BCUT2D eigenvalue weighted by atomic mass is 35.5. The van der Waals surface area contributed by atoms with Crippen LogP contribution in [-0.2, 0) is 12.4 Å². The van der Waals surface area contributed by atoms with Crippen LogP contribution in [0.3, 0.4) is 0 Å². The van der Waals surface area contributed by atoms with Gasteiger partial charge in [-0.05, 0) is 42.0 Å². The molecule has 152 valence electrons. The largest absolute Gasteiger partial charge is 0.497 e. The van der Waals surface area contributed by atoms with Crippen LogP contribution in [0.2, 0.25) is 5.02 Å². The maximum atomic E-state index is 6.21. The number of nitrogens with zero attached hydrogens (tertiary/aromatic N) is 3. The van der Waals surface area contributed by atoms with Gasteiger partial charge in [-0.2, -0.15) is 0 Å². The van der Waals surface area contributed by atoms with Gasteiger partial charge >= 0.3 is 0 Å². The lowest BCUT2D eigenvalue weighted by Gasteiger charge is -2.12. The zero-order valence-electron chi connectivity index (χ0n) is 16.4. The molecule has 3 aromatic carbocycles. The van der Waals surface area contributed by atoms with Gasteiger partial charge in [-0.3, -0.25) is 4.57 Å². The van der Waals surface area contributed by atoms with Gasteiger partial charge in [0.2, 0.25) is 0 Å². The molecule has 5 nitrogen and oxygen atoms in total. The second-order valence-corrected chi connectivity index (χ2v) is 7.78. The van der Waals surface area contributed by atoms with Crippen LogP contribution in [-0.4, -0.2) is 21.9 Å². The number of thioether (sulfide) groups is 1. The average Bonchev–Trinajstić information content (AvgIpc) is 3.21. The first-order chi connectivity index (χ1) is 14.7. The van der Waals surface area contributed by atoms with E-state index >= 15 is 0 Å². The summed E-state index contributed by atoms with van der Waals surface area (Å²) >= 11 is 7.83. The quantitative estimate of drug-likeness (QED) is 0.326. The van der Waals surface area contributed by atoms with Gasteiger partial charge in [-0.1, -0.05) is 65.8 Å². The van der Waals surface area contributed by atoms with Crippen molar-refractivity contribution in [2.75, 3.05) is 7.11 Å². The zero-order chi connectivity index (χ0) is 20.8. The van der Waals surface area contributed by atoms with Crippen LogP contribution in [0.4, 0.5) is 0 Å². The molecule has 0 unspecified atom stereocenters. The van der Waals surface area contributed by atoms with Crippen molar-refractivity contribution in [3.63, 3.8) is 0 Å². The van der Waals surface area contributed by atoms with Crippen molar-refractivity contribution in [2.45, 2.75) is 17.5 Å². The molecular formula is C23H20ClN3O2S. The van der Waals surface area contributed by atoms with Crippen molar-refractivity contribution in [1.82, 2.24) is 14.8 Å². The van der Waals surface area contributed by atoms with Gasteiger partial charge < -0.3 is 9.47 Å². The first-order valence-corrected chi connectivity index (χ1v) is 10.7. The standard InChI is InChI=1S/C23H20ClN3O2S/c1-28-19-13-11-17(12-14-19)16-30-23-26-25-22(27(23)18-7-3-2-4-8-18)15-29-21-10-6-5-9-20(21)24/h2-14H,15-16H2,1H3. The summed E-state index contributed by atoms with van der Waals surface area (Å²) in [6.45, 7) is 0.259. The minimum absolute atomic E-state index is 0.259. The number of hydrogen-bond acceptors (Lipinski definition) is 5. The maximum Gasteiger partial charge on any atom is 0.196 e. The molecule has 7 heteroatoms. The Labute approximate surface area is 184 Å². The summed E-state index contributed by atoms with van der Waals surface area (Å²) < 4.78 is 13.2. The van der Waals surface area contributed by atoms with Crippen LogP contribution >= 0.6 is 23.4 Å². The highest BCUT2D eigenvalue weighted by Crippen LogP contribution is 2.28. The summed E-state index contributed by atoms with van der Waals surface area (Å²) in [4.78, 5) is 0. The lowest BCUT2D eigenvalue weighted by atomic mass is 10.2. The van der Waals surface area contributed by atoms with Crippen molar-refractivity contribution >= 4 is 23.4 Å². The van der Waals surface area contributed by atoms with Crippen molar-refractivity contribution in [3.05, 3.63) is 95.3 Å². The summed E-state index contributed by atoms with van der Waals surface area (Å²) in [7, 11) is 1.66. The fraction of sp³-hybridized carbons (Fsp3) is 0.130. The molecule has 0 atom stereocenters. The Bertz CT molecular complexity index is 1100. The van der Waals surface area contributed by atoms with Gasteiger partial charge in [0, 0.05) is 11.4 Å². The van der Waals surface area contributed by atoms with E-state index in [1.165, 1.54) is 5.56 Å². The molecule has 0 amide bonds. The molecule has 0 aliphatic rings. The molecule has 0 spiro atoms. The molecule has 0 radical (unpaired) electrons. The van der Waals surface area contributed by atoms with E-state index in [1.807, 2.05) is 65.2 Å². The van der Waals surface area contributed by atoms with Gasteiger partial charge in [0.15, 0.2) is 11.0 Å². The predicted molar refractivity (Wildman–Crippen MR) is 120 cm³/mol. The van der Waals surface area contributed by atoms with E-state index < -0.39 is 0 Å². The Morgan fingerprint density at radius 1 is 0.900 bits per heavy atom. The molecular weight excluding hydrogens is 418 g/mol. The van der Waals surface area contributed by atoms with Crippen LogP contribution in [0.25, 0.3) is 5.69 Å². The van der Waals surface area contributed by atoms with Crippen LogP contribution in [0.15, 0.2) is 84.0 Å². The molecule has 0 saturated carbocycles. The molecule has 0 bridgehead atoms. The molecule has 1 heterocycles. The maximum absolute atomic E-state index is 6.21. The summed E-state index contributed by atoms with van der Waals surface area (Å²) in [5.74, 6) is 2.93. The molecule has 0 fully saturated rings. The van der Waals surface area contributed by atoms with Gasteiger partial charge in [-0.25, -0.2) is 0 Å². The number of halogens is 1. The second-order valence-electron chi connectivity index (χ2n) is 6.43. The average molecular weight is 438 g/mol. The van der Waals surface area contributed by atoms with Crippen molar-refractivity contribution in [2.24, 2.45) is 0 Å². The third-order valence-electron chi connectivity index (χ3n) is 4.44. The van der Waals surface area contributed by atoms with Crippen molar-refractivity contribution in [1.29, 1.82) is 0 Å². The minimum atomic E-state index is 0.259. The summed E-state index contributed by atoms with van der Waals surface area (Å²) in [6.07, 6.45) is 0. The highest BCUT2D eigenvalue weighted by Gasteiger charge is 2.15. The molecule has 4 rings (SSSR count). The predicted octanol–water partition coefficient (Wildman–Crippen LogP) is 5.80. The third-order valence-corrected chi connectivity index (χ3v) is 5.75. The van der Waals surface area contributed by atoms with E-state index in [0.29, 0.717) is 16.6 Å². The summed E-state index contributed by atoms with van der Waals surface area (Å²) in [6, 6.07) is 25.4. The normalized spacial score (nSPS) is 10.7. The topological polar surface area (TPSA) is 49.2 Å². The fourth-order valence-corrected chi connectivity index (χ4v) is 4.01. The van der Waals surface area contributed by atoms with E-state index in [2.05, 4.69) is 22.3 Å². The van der Waals surface area contributed by atoms with E-state index in [0.717, 1.165) is 22.3 Å². The van der Waals surface area contributed by atoms with Gasteiger partial charge in [-0.15, -0.1) is 10.2 Å². The molecule has 0 saturated heterocycles. The number of aromatic nitrogens is 3. The Morgan fingerprint density at radius 2 is 1.63 bits per heavy atom. The van der Waals surface area contributed by atoms with Gasteiger partial charge in [0.25, 0.3) is 0 Å². The van der Waals surface area contributed by atoms with Gasteiger partial charge in [0.1, 0.15) is 18.1 Å². The first kappa shape index (κ1) is 20.3. The number of rotatable bonds is 8. The molecule has 4 aromatic rings. The second kappa shape index (κ2) is 9.69. The summed E-state index contributed by atoms with van der Waals surface area (Å²) in [5, 5.41) is 10.2. The van der Waals surface area contributed by atoms with Crippen molar-refractivity contribution in [3.8, 4) is 17.2 Å². The number of methoxy groups -OCH3 is 1. The molecule has 1 aromatic heterocycles. The Hall–Kier alpha value is -2.96. The van der Waals surface area contributed by atoms with Crippen LogP contribution in [0.5, 0.6) is 11.5 Å². The minimum Gasteiger partial charge on any atom is -0.497 e. The first-order valence-electron chi connectivity index (χ1n) is 9.37. The number of benzene rings is 3. The number of hydrogen-bond donors (Lipinski definition) is 0. The van der Waals surface area contributed by atoms with E-state index in [4.69, 9.17) is 21.1 Å². The Kier molecular flexibility index (Phi) is 6.57. The Morgan fingerprint density at radius 3 is 2.37 bits per heavy atom. The smallest absolute Gasteiger partial charge is 0.196 e. The van der Waals surface area contributed by atoms with Crippen LogP contribution in [0, 0.1) is 0 Å². The molecule has 0 N–H and O–H groups in total. The SMILES string of the molecule is COc1ccc(CSc2nnc(COc3ccccc3Cl)n2-c2ccccc2)cc1. The fourth-order valence-electron chi connectivity index (χ4n) is 2.90. The van der Waals surface area contributed by atoms with E-state index in [1.54, 1.807) is 24.9 Å². The molecule has 0 aliphatic heterocycles. The number of ether oxygens (including phenoxy) is 2. The highest BCUT2D eigenvalue weighted by molar-refractivity contribution is 7.98.